The number of benzene rings is 1. The molecule has 1 heterocycles. The molecule has 0 atom stereocenters. The maximum absolute atomic E-state index is 5.95. The fraction of sp³-hybridized carbons (Fsp3) is 0.647. The summed E-state index contributed by atoms with van der Waals surface area (Å²) in [5.41, 5.74) is 0. The number of ether oxygens (including phenoxy) is 1. The molecule has 21 heavy (non-hydrogen) atoms. The SMILES string of the molecule is CSc1ccc(OCC2CCN(CC3CC3)CC2)cc1.Cl. The van der Waals surface area contributed by atoms with E-state index >= 15 is 0 Å². The molecule has 0 amide bonds. The molecule has 0 radical (unpaired) electrons. The van der Waals surface area contributed by atoms with Gasteiger partial charge in [0.25, 0.3) is 0 Å². The van der Waals surface area contributed by atoms with E-state index < -0.39 is 0 Å². The van der Waals surface area contributed by atoms with Crippen LogP contribution in [-0.4, -0.2) is 37.4 Å². The van der Waals surface area contributed by atoms with Crippen LogP contribution in [-0.2, 0) is 0 Å². The summed E-state index contributed by atoms with van der Waals surface area (Å²) >= 11 is 1.77. The van der Waals surface area contributed by atoms with Crippen molar-refractivity contribution >= 4 is 24.2 Å². The first-order chi connectivity index (χ1) is 9.83. The highest BCUT2D eigenvalue weighted by Gasteiger charge is 2.27. The summed E-state index contributed by atoms with van der Waals surface area (Å²) in [6, 6.07) is 8.46. The summed E-state index contributed by atoms with van der Waals surface area (Å²) in [5, 5.41) is 0. The van der Waals surface area contributed by atoms with E-state index in [1.807, 2.05) is 0 Å². The van der Waals surface area contributed by atoms with Gasteiger partial charge in [-0.2, -0.15) is 0 Å². The average Bonchev–Trinajstić information content (AvgIpc) is 3.31. The first-order valence-electron chi connectivity index (χ1n) is 7.82. The monoisotopic (exact) mass is 327 g/mol. The Labute approximate surface area is 139 Å². The van der Waals surface area contributed by atoms with Crippen molar-refractivity contribution in [1.82, 2.24) is 4.90 Å². The molecule has 0 bridgehead atoms. The molecule has 1 aromatic carbocycles. The lowest BCUT2D eigenvalue weighted by Gasteiger charge is -2.31. The highest BCUT2D eigenvalue weighted by atomic mass is 35.5. The minimum absolute atomic E-state index is 0. The Morgan fingerprint density at radius 2 is 1.71 bits per heavy atom. The molecule has 1 saturated carbocycles. The molecule has 2 fully saturated rings. The van der Waals surface area contributed by atoms with Crippen molar-refractivity contribution < 1.29 is 4.74 Å². The average molecular weight is 328 g/mol. The molecule has 2 aliphatic rings. The standard InChI is InChI=1S/C17H25NOS.ClH/c1-20-17-6-4-16(5-7-17)19-13-15-8-10-18(11-9-15)12-14-2-3-14;/h4-7,14-15H,2-3,8-13H2,1H3;1H. The van der Waals surface area contributed by atoms with Gasteiger partial charge in [0.2, 0.25) is 0 Å². The minimum Gasteiger partial charge on any atom is -0.493 e. The third kappa shape index (κ3) is 5.39. The Hall–Kier alpha value is -0.380. The second-order valence-corrected chi connectivity index (χ2v) is 7.05. The van der Waals surface area contributed by atoms with Gasteiger partial charge in [-0.3, -0.25) is 0 Å². The predicted octanol–water partition coefficient (Wildman–Crippen LogP) is 4.33. The van der Waals surface area contributed by atoms with Gasteiger partial charge in [0, 0.05) is 11.4 Å². The maximum Gasteiger partial charge on any atom is 0.119 e. The van der Waals surface area contributed by atoms with Crippen molar-refractivity contribution in [3.05, 3.63) is 24.3 Å². The number of hydrogen-bond donors (Lipinski definition) is 0. The number of likely N-dealkylation sites (tertiary alicyclic amines) is 1. The fourth-order valence-corrected chi connectivity index (χ4v) is 3.30. The highest BCUT2D eigenvalue weighted by molar-refractivity contribution is 7.98. The van der Waals surface area contributed by atoms with Crippen molar-refractivity contribution in [2.24, 2.45) is 11.8 Å². The van der Waals surface area contributed by atoms with Gasteiger partial charge in [0.1, 0.15) is 5.75 Å². The molecule has 2 nitrogen and oxygen atoms in total. The Morgan fingerprint density at radius 3 is 2.29 bits per heavy atom. The maximum atomic E-state index is 5.95. The predicted molar refractivity (Wildman–Crippen MR) is 92.9 cm³/mol. The second kappa shape index (κ2) is 8.30. The van der Waals surface area contributed by atoms with Crippen molar-refractivity contribution in [3.63, 3.8) is 0 Å². The molecule has 0 spiro atoms. The van der Waals surface area contributed by atoms with Crippen molar-refractivity contribution in [2.75, 3.05) is 32.5 Å². The third-order valence-corrected chi connectivity index (χ3v) is 5.21. The molecule has 0 N–H and O–H groups in total. The van der Waals surface area contributed by atoms with E-state index in [1.165, 1.54) is 50.2 Å². The topological polar surface area (TPSA) is 12.5 Å². The van der Waals surface area contributed by atoms with Crippen LogP contribution in [0, 0.1) is 11.8 Å². The summed E-state index contributed by atoms with van der Waals surface area (Å²) in [5.74, 6) is 2.78. The molecule has 4 heteroatoms. The Bertz CT molecular complexity index is 413. The highest BCUT2D eigenvalue weighted by Crippen LogP contribution is 2.31. The van der Waals surface area contributed by atoms with E-state index in [0.717, 1.165) is 24.2 Å². The Morgan fingerprint density at radius 1 is 1.05 bits per heavy atom. The van der Waals surface area contributed by atoms with Crippen LogP contribution in [0.3, 0.4) is 0 Å². The number of nitrogens with zero attached hydrogens (tertiary/aromatic N) is 1. The van der Waals surface area contributed by atoms with Gasteiger partial charge in [-0.15, -0.1) is 24.2 Å². The quantitative estimate of drug-likeness (QED) is 0.721. The van der Waals surface area contributed by atoms with Crippen LogP contribution in [0.25, 0.3) is 0 Å². The van der Waals surface area contributed by atoms with Crippen molar-refractivity contribution in [2.45, 2.75) is 30.6 Å². The van der Waals surface area contributed by atoms with Gasteiger partial charge >= 0.3 is 0 Å². The van der Waals surface area contributed by atoms with E-state index in [-0.39, 0.29) is 12.4 Å². The van der Waals surface area contributed by atoms with Crippen molar-refractivity contribution in [1.29, 1.82) is 0 Å². The summed E-state index contributed by atoms with van der Waals surface area (Å²) < 4.78 is 5.95. The smallest absolute Gasteiger partial charge is 0.119 e. The zero-order chi connectivity index (χ0) is 13.8. The van der Waals surface area contributed by atoms with Gasteiger partial charge in [-0.25, -0.2) is 0 Å². The zero-order valence-corrected chi connectivity index (χ0v) is 14.4. The van der Waals surface area contributed by atoms with Crippen LogP contribution >= 0.6 is 24.2 Å². The van der Waals surface area contributed by atoms with Crippen molar-refractivity contribution in [3.8, 4) is 5.75 Å². The molecule has 1 aromatic rings. The number of halogens is 1. The van der Waals surface area contributed by atoms with E-state index in [2.05, 4.69) is 35.4 Å². The van der Waals surface area contributed by atoms with Crippen LogP contribution in [0.1, 0.15) is 25.7 Å². The van der Waals surface area contributed by atoms with Crippen LogP contribution in [0.5, 0.6) is 5.75 Å². The molecule has 118 valence electrons. The number of rotatable bonds is 6. The molecule has 1 aliphatic carbocycles. The fourth-order valence-electron chi connectivity index (χ4n) is 2.89. The van der Waals surface area contributed by atoms with Crippen LogP contribution in [0.4, 0.5) is 0 Å². The summed E-state index contributed by atoms with van der Waals surface area (Å²) in [6.45, 7) is 4.78. The van der Waals surface area contributed by atoms with Gasteiger partial charge in [-0.05, 0) is 81.1 Å². The Balaban J connectivity index is 0.00000161. The zero-order valence-electron chi connectivity index (χ0n) is 12.8. The van der Waals surface area contributed by atoms with Crippen LogP contribution < -0.4 is 4.74 Å². The van der Waals surface area contributed by atoms with Gasteiger partial charge < -0.3 is 9.64 Å². The lowest BCUT2D eigenvalue weighted by atomic mass is 9.97. The third-order valence-electron chi connectivity index (χ3n) is 4.47. The lowest BCUT2D eigenvalue weighted by molar-refractivity contribution is 0.138. The molecule has 0 aromatic heterocycles. The largest absolute Gasteiger partial charge is 0.493 e. The summed E-state index contributed by atoms with van der Waals surface area (Å²) in [6.07, 6.45) is 7.64. The normalized spacial score (nSPS) is 20.0. The first kappa shape index (κ1) is 17.0. The van der Waals surface area contributed by atoms with E-state index in [9.17, 15) is 0 Å². The number of thioether (sulfide) groups is 1. The Kier molecular flexibility index (Phi) is 6.72. The van der Waals surface area contributed by atoms with E-state index in [1.54, 1.807) is 11.8 Å². The molecule has 1 aliphatic heterocycles. The summed E-state index contributed by atoms with van der Waals surface area (Å²) in [7, 11) is 0. The molecule has 1 saturated heterocycles. The van der Waals surface area contributed by atoms with Gasteiger partial charge in [-0.1, -0.05) is 0 Å². The number of hydrogen-bond acceptors (Lipinski definition) is 3. The molecule has 3 rings (SSSR count). The van der Waals surface area contributed by atoms with Gasteiger partial charge in [0.05, 0.1) is 6.61 Å². The van der Waals surface area contributed by atoms with E-state index in [4.69, 9.17) is 4.74 Å². The first-order valence-corrected chi connectivity index (χ1v) is 9.05. The van der Waals surface area contributed by atoms with Crippen LogP contribution in [0.15, 0.2) is 29.2 Å². The van der Waals surface area contributed by atoms with E-state index in [0.29, 0.717) is 0 Å². The minimum atomic E-state index is 0. The van der Waals surface area contributed by atoms with Gasteiger partial charge in [0.15, 0.2) is 0 Å². The van der Waals surface area contributed by atoms with Crippen LogP contribution in [0.2, 0.25) is 0 Å². The lowest BCUT2D eigenvalue weighted by Crippen LogP contribution is -2.36. The molecular weight excluding hydrogens is 302 g/mol. The molecule has 0 unspecified atom stereocenters. The number of piperidine rings is 1. The summed E-state index contributed by atoms with van der Waals surface area (Å²) in [4.78, 5) is 3.95. The second-order valence-electron chi connectivity index (χ2n) is 6.17. The molecular formula is C17H26ClNOS.